The second-order valence-corrected chi connectivity index (χ2v) is 11.5. The summed E-state index contributed by atoms with van der Waals surface area (Å²) in [5, 5.41) is 4.33. The molecule has 1 N–H and O–H groups in total. The number of nitrogens with one attached hydrogen (secondary N) is 1. The second kappa shape index (κ2) is 13.7. The molecule has 0 radical (unpaired) electrons. The maximum Gasteiger partial charge on any atom is 0.259 e. The second-order valence-electron chi connectivity index (χ2n) is 10.7. The summed E-state index contributed by atoms with van der Waals surface area (Å²) in [7, 11) is 6.88. The maximum atomic E-state index is 14.5. The Morgan fingerprint density at radius 1 is 1.05 bits per heavy atom. The molecule has 0 aliphatic carbocycles. The van der Waals surface area contributed by atoms with Crippen molar-refractivity contribution in [2.45, 2.75) is 18.9 Å². The van der Waals surface area contributed by atoms with Crippen LogP contribution < -0.4 is 20.3 Å². The minimum absolute atomic E-state index is 0.0376. The fourth-order valence-electron chi connectivity index (χ4n) is 5.35. The minimum atomic E-state index is -0.276. The highest BCUT2D eigenvalue weighted by Crippen LogP contribution is 2.45. The molecular weight excluding hydrogens is 603 g/mol. The van der Waals surface area contributed by atoms with Gasteiger partial charge in [-0.05, 0) is 45.1 Å². The van der Waals surface area contributed by atoms with E-state index in [1.165, 1.54) is 14.2 Å². The Morgan fingerprint density at radius 3 is 2.36 bits per heavy atom. The number of likely N-dealkylation sites (tertiary alicyclic amines) is 1. The summed E-state index contributed by atoms with van der Waals surface area (Å²) in [6, 6.07) is 10.5. The standard InChI is InChI=1S/C32H34Cl2N6O4/c1-38(2)13-7-9-28(41)39-14-10-21(11-15-39)40-23-17-27(37-26-8-5-6-12-35-26)36-19-20(23)16-22(32(40)42)29-30(33)24(43-3)18-25(44-4)31(29)34/h5-9,12,16-19,21H,10-11,13-15H2,1-4H3,(H,35,36,37)/b9-7+. The minimum Gasteiger partial charge on any atom is -0.495 e. The van der Waals surface area contributed by atoms with E-state index in [1.54, 1.807) is 35.2 Å². The van der Waals surface area contributed by atoms with Gasteiger partial charge < -0.3 is 29.2 Å². The number of likely N-dealkylation sites (N-methyl/N-ethyl adjacent to an activating group) is 1. The number of benzene rings is 1. The highest BCUT2D eigenvalue weighted by molar-refractivity contribution is 6.41. The van der Waals surface area contributed by atoms with Crippen molar-refractivity contribution in [3.05, 3.63) is 81.3 Å². The first-order valence-electron chi connectivity index (χ1n) is 14.2. The SMILES string of the molecule is COc1cc(OC)c(Cl)c(-c2cc3cnc(Nc4ccccn4)cc3n(C3CCN(C(=O)/C=C/CN(C)C)CC3)c2=O)c1Cl. The first-order valence-corrected chi connectivity index (χ1v) is 14.9. The molecule has 4 heterocycles. The van der Waals surface area contributed by atoms with Gasteiger partial charge in [0, 0.05) is 67.2 Å². The number of aromatic nitrogens is 3. The smallest absolute Gasteiger partial charge is 0.259 e. The number of carbonyl (C=O) groups is 1. The van der Waals surface area contributed by atoms with Crippen molar-refractivity contribution in [3.8, 4) is 22.6 Å². The molecule has 1 amide bonds. The number of fused-ring (bicyclic) bond motifs is 1. The van der Waals surface area contributed by atoms with E-state index in [1.807, 2.05) is 54.2 Å². The van der Waals surface area contributed by atoms with Crippen LogP contribution >= 0.6 is 23.2 Å². The van der Waals surface area contributed by atoms with Crippen molar-refractivity contribution in [3.63, 3.8) is 0 Å². The van der Waals surface area contributed by atoms with E-state index in [-0.39, 0.29) is 27.6 Å². The van der Waals surface area contributed by atoms with Crippen LogP contribution in [0.2, 0.25) is 10.0 Å². The van der Waals surface area contributed by atoms with Crippen LogP contribution in [0.15, 0.2) is 65.7 Å². The van der Waals surface area contributed by atoms with Crippen LogP contribution in [0.25, 0.3) is 22.0 Å². The van der Waals surface area contributed by atoms with Gasteiger partial charge in [0.05, 0.1) is 35.3 Å². The van der Waals surface area contributed by atoms with Gasteiger partial charge in [-0.3, -0.25) is 9.59 Å². The number of carbonyl (C=O) groups excluding carboxylic acids is 1. The number of ether oxygens (including phenoxy) is 2. The maximum absolute atomic E-state index is 14.5. The van der Waals surface area contributed by atoms with Gasteiger partial charge in [-0.15, -0.1) is 0 Å². The molecule has 5 rings (SSSR count). The van der Waals surface area contributed by atoms with Crippen LogP contribution in [-0.4, -0.2) is 78.2 Å². The number of nitrogens with zero attached hydrogens (tertiary/aromatic N) is 5. The van der Waals surface area contributed by atoms with Gasteiger partial charge in [0.15, 0.2) is 0 Å². The molecule has 1 aromatic carbocycles. The van der Waals surface area contributed by atoms with Gasteiger partial charge in [0.1, 0.15) is 23.1 Å². The lowest BCUT2D eigenvalue weighted by atomic mass is 10.00. The van der Waals surface area contributed by atoms with Crippen molar-refractivity contribution in [2.75, 3.05) is 53.3 Å². The number of anilines is 2. The Hall–Kier alpha value is -4.12. The van der Waals surface area contributed by atoms with Gasteiger partial charge in [-0.2, -0.15) is 0 Å². The normalized spacial score (nSPS) is 14.0. The molecular formula is C32H34Cl2N6O4. The zero-order valence-electron chi connectivity index (χ0n) is 25.0. The van der Waals surface area contributed by atoms with Crippen molar-refractivity contribution in [1.82, 2.24) is 24.3 Å². The largest absolute Gasteiger partial charge is 0.495 e. The van der Waals surface area contributed by atoms with E-state index in [0.29, 0.717) is 77.6 Å². The Balaban J connectivity index is 1.61. The van der Waals surface area contributed by atoms with E-state index >= 15 is 0 Å². The van der Waals surface area contributed by atoms with Crippen LogP contribution in [0.5, 0.6) is 11.5 Å². The quantitative estimate of drug-likeness (QED) is 0.230. The fourth-order valence-corrected chi connectivity index (χ4v) is 6.05. The van der Waals surface area contributed by atoms with Gasteiger partial charge >= 0.3 is 0 Å². The molecule has 0 spiro atoms. The number of pyridine rings is 3. The molecule has 1 saturated heterocycles. The van der Waals surface area contributed by atoms with E-state index in [9.17, 15) is 9.59 Å². The number of amides is 1. The number of methoxy groups -OCH3 is 2. The van der Waals surface area contributed by atoms with E-state index < -0.39 is 0 Å². The van der Waals surface area contributed by atoms with Gasteiger partial charge in [0.2, 0.25) is 5.91 Å². The summed E-state index contributed by atoms with van der Waals surface area (Å²) in [6.07, 6.45) is 8.03. The number of hydrogen-bond acceptors (Lipinski definition) is 8. The Labute approximate surface area is 265 Å². The van der Waals surface area contributed by atoms with Gasteiger partial charge in [-0.25, -0.2) is 9.97 Å². The van der Waals surface area contributed by atoms with Crippen LogP contribution in [-0.2, 0) is 4.79 Å². The van der Waals surface area contributed by atoms with Crippen molar-refractivity contribution in [2.24, 2.45) is 0 Å². The summed E-state index contributed by atoms with van der Waals surface area (Å²) in [5.41, 5.74) is 1.02. The predicted octanol–water partition coefficient (Wildman–Crippen LogP) is 5.81. The van der Waals surface area contributed by atoms with E-state index in [0.717, 1.165) is 0 Å². The Kier molecular flexibility index (Phi) is 9.73. The number of hydrogen-bond donors (Lipinski definition) is 1. The summed E-state index contributed by atoms with van der Waals surface area (Å²) in [4.78, 5) is 40.0. The molecule has 1 fully saturated rings. The third kappa shape index (κ3) is 6.52. The molecule has 12 heteroatoms. The monoisotopic (exact) mass is 636 g/mol. The first-order chi connectivity index (χ1) is 21.2. The first kappa shape index (κ1) is 31.3. The molecule has 3 aromatic heterocycles. The van der Waals surface area contributed by atoms with Crippen LogP contribution in [0, 0.1) is 0 Å². The highest BCUT2D eigenvalue weighted by Gasteiger charge is 2.28. The van der Waals surface area contributed by atoms with Gasteiger partial charge in [-0.1, -0.05) is 35.3 Å². The van der Waals surface area contributed by atoms with Crippen LogP contribution in [0.4, 0.5) is 11.6 Å². The number of rotatable bonds is 9. The molecule has 4 aromatic rings. The molecule has 1 aliphatic heterocycles. The van der Waals surface area contributed by atoms with E-state index in [2.05, 4.69) is 15.3 Å². The zero-order chi connectivity index (χ0) is 31.4. The lowest BCUT2D eigenvalue weighted by Crippen LogP contribution is -2.40. The summed E-state index contributed by atoms with van der Waals surface area (Å²) in [5.74, 6) is 1.78. The summed E-state index contributed by atoms with van der Waals surface area (Å²) in [6.45, 7) is 1.69. The molecule has 10 nitrogen and oxygen atoms in total. The topological polar surface area (TPSA) is 102 Å². The van der Waals surface area contributed by atoms with Crippen LogP contribution in [0.3, 0.4) is 0 Å². The van der Waals surface area contributed by atoms with Crippen molar-refractivity contribution < 1.29 is 14.3 Å². The average Bonchev–Trinajstić information content (AvgIpc) is 3.02. The summed E-state index contributed by atoms with van der Waals surface area (Å²) < 4.78 is 12.7. The zero-order valence-corrected chi connectivity index (χ0v) is 26.5. The number of halogens is 2. The highest BCUT2D eigenvalue weighted by atomic mass is 35.5. The molecule has 1 aliphatic rings. The fraction of sp³-hybridized carbons (Fsp3) is 0.312. The van der Waals surface area contributed by atoms with Crippen molar-refractivity contribution in [1.29, 1.82) is 0 Å². The van der Waals surface area contributed by atoms with Crippen molar-refractivity contribution >= 4 is 51.6 Å². The van der Waals surface area contributed by atoms with E-state index in [4.69, 9.17) is 32.7 Å². The molecule has 0 saturated carbocycles. The predicted molar refractivity (Wildman–Crippen MR) is 175 cm³/mol. The molecule has 44 heavy (non-hydrogen) atoms. The number of piperidine rings is 1. The molecule has 0 unspecified atom stereocenters. The lowest BCUT2D eigenvalue weighted by Gasteiger charge is -2.33. The Bertz CT molecular complexity index is 1720. The van der Waals surface area contributed by atoms with Crippen LogP contribution in [0.1, 0.15) is 18.9 Å². The summed E-state index contributed by atoms with van der Waals surface area (Å²) >= 11 is 13.5. The average molecular weight is 638 g/mol. The molecule has 230 valence electrons. The lowest BCUT2D eigenvalue weighted by molar-refractivity contribution is -0.127. The third-order valence-electron chi connectivity index (χ3n) is 7.56. The third-order valence-corrected chi connectivity index (χ3v) is 8.31. The van der Waals surface area contributed by atoms with Gasteiger partial charge in [0.25, 0.3) is 5.56 Å². The molecule has 0 atom stereocenters. The Morgan fingerprint density at radius 2 is 1.75 bits per heavy atom. The molecule has 0 bridgehead atoms.